The maximum absolute atomic E-state index is 5.90. The van der Waals surface area contributed by atoms with E-state index >= 15 is 0 Å². The molecule has 0 bridgehead atoms. The van der Waals surface area contributed by atoms with Gasteiger partial charge in [-0.15, -0.1) is 21.8 Å². The molecule has 0 aliphatic carbocycles. The Kier molecular flexibility index (Phi) is 3.32. The molecule has 96 valence electrons. The van der Waals surface area contributed by atoms with Gasteiger partial charge in [-0.3, -0.25) is 4.40 Å². The molecular weight excluding hydrogens is 250 g/mol. The molecule has 6 heteroatoms. The quantitative estimate of drug-likeness (QED) is 0.798. The minimum atomic E-state index is 0.478. The first-order valence-corrected chi connectivity index (χ1v) is 6.90. The van der Waals surface area contributed by atoms with Gasteiger partial charge in [-0.05, 0) is 25.7 Å². The van der Waals surface area contributed by atoms with E-state index in [0.717, 1.165) is 24.4 Å². The smallest absolute Gasteiger partial charge is 0.203 e. The second kappa shape index (κ2) is 5.10. The standard InChI is InChI=1S/C12H16ClN5/c13-5-4-10-3-1-2-7-18(10)11-12-16-15-9-17(12)8-6-14-11/h6,8-10H,1-5,7H2. The Balaban J connectivity index is 1.98. The average molecular weight is 266 g/mol. The van der Waals surface area contributed by atoms with Crippen molar-refractivity contribution in [3.05, 3.63) is 18.7 Å². The molecule has 1 aliphatic heterocycles. The van der Waals surface area contributed by atoms with Gasteiger partial charge in [-0.2, -0.15) is 0 Å². The summed E-state index contributed by atoms with van der Waals surface area (Å²) in [7, 11) is 0. The Hall–Kier alpha value is -1.36. The molecule has 0 radical (unpaired) electrons. The Bertz CT molecular complexity index is 524. The van der Waals surface area contributed by atoms with Crippen molar-refractivity contribution in [3.63, 3.8) is 0 Å². The van der Waals surface area contributed by atoms with Crippen LogP contribution in [0.5, 0.6) is 0 Å². The number of hydrogen-bond donors (Lipinski definition) is 0. The fraction of sp³-hybridized carbons (Fsp3) is 0.583. The minimum Gasteiger partial charge on any atom is -0.350 e. The highest BCUT2D eigenvalue weighted by atomic mass is 35.5. The summed E-state index contributed by atoms with van der Waals surface area (Å²) >= 11 is 5.90. The second-order valence-corrected chi connectivity index (χ2v) is 5.01. The number of piperidine rings is 1. The molecule has 1 saturated heterocycles. The van der Waals surface area contributed by atoms with Gasteiger partial charge in [0.15, 0.2) is 5.82 Å². The van der Waals surface area contributed by atoms with Gasteiger partial charge in [0.05, 0.1) is 0 Å². The van der Waals surface area contributed by atoms with E-state index in [-0.39, 0.29) is 0 Å². The average Bonchev–Trinajstić information content (AvgIpc) is 2.88. The largest absolute Gasteiger partial charge is 0.350 e. The molecule has 1 unspecified atom stereocenters. The first-order chi connectivity index (χ1) is 8.90. The van der Waals surface area contributed by atoms with Gasteiger partial charge in [0.1, 0.15) is 6.33 Å². The predicted octanol–water partition coefficient (Wildman–Crippen LogP) is 2.11. The van der Waals surface area contributed by atoms with E-state index in [1.54, 1.807) is 12.5 Å². The van der Waals surface area contributed by atoms with Gasteiger partial charge < -0.3 is 4.90 Å². The van der Waals surface area contributed by atoms with Crippen LogP contribution in [0.3, 0.4) is 0 Å². The molecule has 2 aromatic rings. The lowest BCUT2D eigenvalue weighted by molar-refractivity contribution is 0.448. The van der Waals surface area contributed by atoms with Crippen LogP contribution in [0.25, 0.3) is 5.65 Å². The lowest BCUT2D eigenvalue weighted by Gasteiger charge is -2.36. The van der Waals surface area contributed by atoms with E-state index in [1.165, 1.54) is 19.3 Å². The highest BCUT2D eigenvalue weighted by molar-refractivity contribution is 6.17. The SMILES string of the molecule is ClCCC1CCCCN1c1nccn2cnnc12. The lowest BCUT2D eigenvalue weighted by Crippen LogP contribution is -2.40. The molecule has 18 heavy (non-hydrogen) atoms. The van der Waals surface area contributed by atoms with Crippen LogP contribution in [0.2, 0.25) is 0 Å². The molecule has 0 saturated carbocycles. The van der Waals surface area contributed by atoms with Crippen molar-refractivity contribution in [2.45, 2.75) is 31.7 Å². The topological polar surface area (TPSA) is 46.3 Å². The molecule has 2 aromatic heterocycles. The fourth-order valence-corrected chi connectivity index (χ4v) is 2.91. The molecule has 1 atom stereocenters. The lowest BCUT2D eigenvalue weighted by atomic mass is 10.00. The molecule has 5 nitrogen and oxygen atoms in total. The summed E-state index contributed by atoms with van der Waals surface area (Å²) in [6.45, 7) is 1.03. The molecule has 0 N–H and O–H groups in total. The van der Waals surface area contributed by atoms with Crippen LogP contribution in [-0.2, 0) is 0 Å². The molecular formula is C12H16ClN5. The van der Waals surface area contributed by atoms with Gasteiger partial charge >= 0.3 is 0 Å². The van der Waals surface area contributed by atoms with Crippen LogP contribution >= 0.6 is 11.6 Å². The highest BCUT2D eigenvalue weighted by Gasteiger charge is 2.25. The Morgan fingerprint density at radius 2 is 2.33 bits per heavy atom. The Labute approximate surface area is 111 Å². The van der Waals surface area contributed by atoms with Crippen LogP contribution in [0.1, 0.15) is 25.7 Å². The second-order valence-electron chi connectivity index (χ2n) is 4.63. The van der Waals surface area contributed by atoms with E-state index < -0.39 is 0 Å². The highest BCUT2D eigenvalue weighted by Crippen LogP contribution is 2.27. The fourth-order valence-electron chi connectivity index (χ4n) is 2.65. The number of anilines is 1. The molecule has 3 heterocycles. The van der Waals surface area contributed by atoms with Gasteiger partial charge in [0.2, 0.25) is 5.65 Å². The third-order valence-corrected chi connectivity index (χ3v) is 3.76. The van der Waals surface area contributed by atoms with Crippen molar-refractivity contribution in [3.8, 4) is 0 Å². The van der Waals surface area contributed by atoms with Crippen molar-refractivity contribution < 1.29 is 0 Å². The molecule has 0 amide bonds. The van der Waals surface area contributed by atoms with Gasteiger partial charge in [0, 0.05) is 30.9 Å². The third kappa shape index (κ3) is 2.03. The summed E-state index contributed by atoms with van der Waals surface area (Å²) < 4.78 is 1.91. The number of hydrogen-bond acceptors (Lipinski definition) is 4. The number of halogens is 1. The summed E-state index contributed by atoms with van der Waals surface area (Å²) in [6, 6.07) is 0.478. The zero-order valence-corrected chi connectivity index (χ0v) is 10.9. The molecule has 0 aromatic carbocycles. The van der Waals surface area contributed by atoms with Crippen molar-refractivity contribution >= 4 is 23.1 Å². The maximum atomic E-state index is 5.90. The van der Waals surface area contributed by atoms with E-state index in [0.29, 0.717) is 11.9 Å². The van der Waals surface area contributed by atoms with Crippen LogP contribution in [0.15, 0.2) is 18.7 Å². The summed E-state index contributed by atoms with van der Waals surface area (Å²) in [5.41, 5.74) is 0.832. The Morgan fingerprint density at radius 1 is 1.39 bits per heavy atom. The molecule has 0 spiro atoms. The number of rotatable bonds is 3. The van der Waals surface area contributed by atoms with Crippen molar-refractivity contribution in [2.75, 3.05) is 17.3 Å². The van der Waals surface area contributed by atoms with Crippen LogP contribution in [-0.4, -0.2) is 38.0 Å². The van der Waals surface area contributed by atoms with E-state index in [2.05, 4.69) is 20.1 Å². The number of aromatic nitrogens is 4. The van der Waals surface area contributed by atoms with Crippen molar-refractivity contribution in [2.24, 2.45) is 0 Å². The van der Waals surface area contributed by atoms with E-state index in [9.17, 15) is 0 Å². The van der Waals surface area contributed by atoms with Crippen LogP contribution in [0, 0.1) is 0 Å². The van der Waals surface area contributed by atoms with Crippen LogP contribution < -0.4 is 4.90 Å². The molecule has 1 aliphatic rings. The summed E-state index contributed by atoms with van der Waals surface area (Å²) in [6.07, 6.45) is 10.0. The molecule has 1 fully saturated rings. The maximum Gasteiger partial charge on any atom is 0.203 e. The summed E-state index contributed by atoms with van der Waals surface area (Å²) in [4.78, 5) is 6.84. The van der Waals surface area contributed by atoms with Gasteiger partial charge in [0.25, 0.3) is 0 Å². The summed E-state index contributed by atoms with van der Waals surface area (Å²) in [5, 5.41) is 8.11. The number of fused-ring (bicyclic) bond motifs is 1. The molecule has 3 rings (SSSR count). The van der Waals surface area contributed by atoms with Crippen molar-refractivity contribution in [1.29, 1.82) is 0 Å². The van der Waals surface area contributed by atoms with Crippen LogP contribution in [0.4, 0.5) is 5.82 Å². The van der Waals surface area contributed by atoms with E-state index in [1.807, 2.05) is 10.6 Å². The predicted molar refractivity (Wildman–Crippen MR) is 71.1 cm³/mol. The van der Waals surface area contributed by atoms with Gasteiger partial charge in [-0.25, -0.2) is 4.98 Å². The minimum absolute atomic E-state index is 0.478. The zero-order chi connectivity index (χ0) is 12.4. The first kappa shape index (κ1) is 11.7. The monoisotopic (exact) mass is 265 g/mol. The summed E-state index contributed by atoms with van der Waals surface area (Å²) in [5.74, 6) is 1.63. The van der Waals surface area contributed by atoms with Gasteiger partial charge in [-0.1, -0.05) is 0 Å². The van der Waals surface area contributed by atoms with E-state index in [4.69, 9.17) is 11.6 Å². The Morgan fingerprint density at radius 3 is 3.22 bits per heavy atom. The normalized spacial score (nSPS) is 20.5. The first-order valence-electron chi connectivity index (χ1n) is 6.37. The third-order valence-electron chi connectivity index (χ3n) is 3.54. The number of alkyl halides is 1. The zero-order valence-electron chi connectivity index (χ0n) is 10.2. The number of nitrogens with zero attached hydrogens (tertiary/aromatic N) is 5. The van der Waals surface area contributed by atoms with Crippen molar-refractivity contribution in [1.82, 2.24) is 19.6 Å².